The van der Waals surface area contributed by atoms with Crippen molar-refractivity contribution in [1.82, 2.24) is 15.1 Å². The van der Waals surface area contributed by atoms with Gasteiger partial charge in [0.15, 0.2) is 11.5 Å². The predicted molar refractivity (Wildman–Crippen MR) is 83.3 cm³/mol. The van der Waals surface area contributed by atoms with Crippen LogP contribution in [-0.4, -0.2) is 30.0 Å². The summed E-state index contributed by atoms with van der Waals surface area (Å²) >= 11 is 0. The fourth-order valence-electron chi connectivity index (χ4n) is 2.16. The van der Waals surface area contributed by atoms with Crippen LogP contribution in [0.25, 0.3) is 0 Å². The molecule has 0 saturated carbocycles. The van der Waals surface area contributed by atoms with Gasteiger partial charge in [0.05, 0.1) is 25.6 Å². The van der Waals surface area contributed by atoms with E-state index in [2.05, 4.69) is 15.7 Å². The van der Waals surface area contributed by atoms with Gasteiger partial charge >= 0.3 is 6.03 Å². The van der Waals surface area contributed by atoms with Gasteiger partial charge in [-0.1, -0.05) is 12.1 Å². The Hall–Kier alpha value is -2.70. The highest BCUT2D eigenvalue weighted by Crippen LogP contribution is 2.30. The fraction of sp³-hybridized carbons (Fsp3) is 0.333. The molecule has 0 unspecified atom stereocenters. The third-order valence-corrected chi connectivity index (χ3v) is 3.19. The minimum atomic E-state index is -0.305. The summed E-state index contributed by atoms with van der Waals surface area (Å²) in [4.78, 5) is 12.0. The number of ether oxygens (including phenoxy) is 2. The lowest BCUT2D eigenvalue weighted by Gasteiger charge is -2.13. The van der Waals surface area contributed by atoms with Crippen molar-refractivity contribution in [2.45, 2.75) is 13.5 Å². The Morgan fingerprint density at radius 2 is 2.09 bits per heavy atom. The van der Waals surface area contributed by atoms with Crippen LogP contribution in [0.5, 0.6) is 11.5 Å². The molecule has 7 heteroatoms. The third kappa shape index (κ3) is 3.49. The molecule has 1 aromatic heterocycles. The van der Waals surface area contributed by atoms with Crippen molar-refractivity contribution in [3.63, 3.8) is 0 Å². The van der Waals surface area contributed by atoms with Gasteiger partial charge in [0.2, 0.25) is 0 Å². The number of hydrogen-bond acceptors (Lipinski definition) is 4. The van der Waals surface area contributed by atoms with Crippen molar-refractivity contribution in [1.29, 1.82) is 0 Å². The number of aryl methyl sites for hydroxylation is 2. The third-order valence-electron chi connectivity index (χ3n) is 3.19. The van der Waals surface area contributed by atoms with Gasteiger partial charge < -0.3 is 20.1 Å². The van der Waals surface area contributed by atoms with Gasteiger partial charge in [-0.3, -0.25) is 4.68 Å². The van der Waals surface area contributed by atoms with E-state index in [-0.39, 0.29) is 6.03 Å². The number of amides is 2. The van der Waals surface area contributed by atoms with Crippen LogP contribution in [0, 0.1) is 6.92 Å². The van der Waals surface area contributed by atoms with E-state index < -0.39 is 0 Å². The standard InChI is InChI=1S/C15H20N4O3/c1-10-12(9-19(2)18-10)17-15(20)16-8-11-6-5-7-13(21-3)14(11)22-4/h5-7,9H,8H2,1-4H3,(H2,16,17,20). The van der Waals surface area contributed by atoms with Crippen LogP contribution in [0.2, 0.25) is 0 Å². The zero-order valence-electron chi connectivity index (χ0n) is 13.1. The van der Waals surface area contributed by atoms with E-state index in [4.69, 9.17) is 9.47 Å². The van der Waals surface area contributed by atoms with Gasteiger partial charge in [0.25, 0.3) is 0 Å². The molecular weight excluding hydrogens is 284 g/mol. The molecule has 0 bridgehead atoms. The first-order valence-corrected chi connectivity index (χ1v) is 6.80. The summed E-state index contributed by atoms with van der Waals surface area (Å²) in [7, 11) is 4.95. The topological polar surface area (TPSA) is 77.4 Å². The molecule has 2 amide bonds. The molecule has 0 atom stereocenters. The van der Waals surface area contributed by atoms with E-state index in [1.807, 2.05) is 19.1 Å². The molecule has 118 valence electrons. The van der Waals surface area contributed by atoms with Crippen LogP contribution < -0.4 is 20.1 Å². The van der Waals surface area contributed by atoms with Crippen molar-refractivity contribution < 1.29 is 14.3 Å². The highest BCUT2D eigenvalue weighted by molar-refractivity contribution is 5.89. The fourth-order valence-corrected chi connectivity index (χ4v) is 2.16. The van der Waals surface area contributed by atoms with Crippen LogP contribution in [-0.2, 0) is 13.6 Å². The lowest BCUT2D eigenvalue weighted by atomic mass is 10.2. The molecule has 0 aliphatic rings. The largest absolute Gasteiger partial charge is 0.493 e. The molecule has 1 aromatic carbocycles. The Labute approximate surface area is 129 Å². The van der Waals surface area contributed by atoms with Gasteiger partial charge in [0, 0.05) is 25.4 Å². The summed E-state index contributed by atoms with van der Waals surface area (Å²) in [5, 5.41) is 9.72. The lowest BCUT2D eigenvalue weighted by molar-refractivity contribution is 0.251. The molecule has 2 aromatic rings. The first-order valence-electron chi connectivity index (χ1n) is 6.80. The summed E-state index contributed by atoms with van der Waals surface area (Å²) in [6.45, 7) is 2.16. The molecule has 22 heavy (non-hydrogen) atoms. The predicted octanol–water partition coefficient (Wildman–Crippen LogP) is 2.07. The maximum absolute atomic E-state index is 12.0. The van der Waals surface area contributed by atoms with E-state index in [0.717, 1.165) is 11.3 Å². The van der Waals surface area contributed by atoms with E-state index in [0.29, 0.717) is 23.7 Å². The number of nitrogens with one attached hydrogen (secondary N) is 2. The number of rotatable bonds is 5. The molecule has 0 saturated heterocycles. The quantitative estimate of drug-likeness (QED) is 0.886. The summed E-state index contributed by atoms with van der Waals surface area (Å²) in [6.07, 6.45) is 1.75. The summed E-state index contributed by atoms with van der Waals surface area (Å²) < 4.78 is 12.2. The average molecular weight is 304 g/mol. The number of methoxy groups -OCH3 is 2. The first-order chi connectivity index (χ1) is 10.5. The number of anilines is 1. The Balaban J connectivity index is 2.01. The van der Waals surface area contributed by atoms with Gasteiger partial charge in [-0.2, -0.15) is 5.10 Å². The summed E-state index contributed by atoms with van der Waals surface area (Å²) in [5.41, 5.74) is 2.27. The molecule has 2 N–H and O–H groups in total. The first kappa shape index (κ1) is 15.7. The number of para-hydroxylation sites is 1. The molecular formula is C15H20N4O3. The van der Waals surface area contributed by atoms with E-state index >= 15 is 0 Å². The Morgan fingerprint density at radius 3 is 2.68 bits per heavy atom. The van der Waals surface area contributed by atoms with Crippen molar-refractivity contribution in [2.24, 2.45) is 7.05 Å². The summed E-state index contributed by atoms with van der Waals surface area (Å²) in [5.74, 6) is 1.24. The van der Waals surface area contributed by atoms with Crippen molar-refractivity contribution in [3.8, 4) is 11.5 Å². The van der Waals surface area contributed by atoms with Gasteiger partial charge in [-0.05, 0) is 13.0 Å². The summed E-state index contributed by atoms with van der Waals surface area (Å²) in [6, 6.07) is 5.22. The minimum absolute atomic E-state index is 0.305. The Bertz CT molecular complexity index is 667. The minimum Gasteiger partial charge on any atom is -0.493 e. The Kier molecular flexibility index (Phi) is 4.88. The molecule has 0 radical (unpaired) electrons. The van der Waals surface area contributed by atoms with Gasteiger partial charge in [0.1, 0.15) is 0 Å². The maximum Gasteiger partial charge on any atom is 0.319 e. The van der Waals surface area contributed by atoms with Gasteiger partial charge in [-0.15, -0.1) is 0 Å². The number of hydrogen-bond donors (Lipinski definition) is 2. The molecule has 2 rings (SSSR count). The molecule has 0 aliphatic carbocycles. The molecule has 7 nitrogen and oxygen atoms in total. The highest BCUT2D eigenvalue weighted by Gasteiger charge is 2.11. The van der Waals surface area contributed by atoms with Crippen molar-refractivity contribution in [2.75, 3.05) is 19.5 Å². The number of urea groups is 1. The highest BCUT2D eigenvalue weighted by atomic mass is 16.5. The van der Waals surface area contributed by atoms with Crippen molar-refractivity contribution in [3.05, 3.63) is 35.7 Å². The number of aromatic nitrogens is 2. The molecule has 1 heterocycles. The van der Waals surface area contributed by atoms with Crippen LogP contribution in [0.4, 0.5) is 10.5 Å². The van der Waals surface area contributed by atoms with E-state index in [9.17, 15) is 4.79 Å². The number of benzene rings is 1. The second-order valence-corrected chi connectivity index (χ2v) is 4.76. The van der Waals surface area contributed by atoms with E-state index in [1.165, 1.54) is 0 Å². The molecule has 0 aliphatic heterocycles. The monoisotopic (exact) mass is 304 g/mol. The number of nitrogens with zero attached hydrogens (tertiary/aromatic N) is 2. The van der Waals surface area contributed by atoms with Crippen LogP contribution in [0.15, 0.2) is 24.4 Å². The number of carbonyl (C=O) groups is 1. The van der Waals surface area contributed by atoms with Crippen LogP contribution in [0.1, 0.15) is 11.3 Å². The van der Waals surface area contributed by atoms with Crippen molar-refractivity contribution >= 4 is 11.7 Å². The van der Waals surface area contributed by atoms with Gasteiger partial charge in [-0.25, -0.2) is 4.79 Å². The van der Waals surface area contributed by atoms with E-state index in [1.54, 1.807) is 38.2 Å². The van der Waals surface area contributed by atoms with Crippen LogP contribution >= 0.6 is 0 Å². The normalized spacial score (nSPS) is 10.2. The van der Waals surface area contributed by atoms with Crippen LogP contribution in [0.3, 0.4) is 0 Å². The zero-order valence-corrected chi connectivity index (χ0v) is 13.1. The SMILES string of the molecule is COc1cccc(CNC(=O)Nc2cn(C)nc2C)c1OC. The second-order valence-electron chi connectivity index (χ2n) is 4.76. The Morgan fingerprint density at radius 1 is 1.32 bits per heavy atom. The maximum atomic E-state index is 12.0. The number of carbonyl (C=O) groups excluding carboxylic acids is 1. The lowest BCUT2D eigenvalue weighted by Crippen LogP contribution is -2.28. The molecule has 0 spiro atoms. The smallest absolute Gasteiger partial charge is 0.319 e. The average Bonchev–Trinajstić information content (AvgIpc) is 2.82. The zero-order chi connectivity index (χ0) is 16.1. The molecule has 0 fully saturated rings. The second kappa shape index (κ2) is 6.84.